The van der Waals surface area contributed by atoms with Crippen molar-refractivity contribution >= 4 is 18.3 Å². The zero-order chi connectivity index (χ0) is 14.6. The van der Waals surface area contributed by atoms with E-state index in [4.69, 9.17) is 4.74 Å². The summed E-state index contributed by atoms with van der Waals surface area (Å²) < 4.78 is 5.63. The lowest BCUT2D eigenvalue weighted by Crippen LogP contribution is -2.68. The summed E-state index contributed by atoms with van der Waals surface area (Å²) in [6.45, 7) is 8.66. The third kappa shape index (κ3) is 2.49. The molecule has 0 aromatic heterocycles. The Morgan fingerprint density at radius 2 is 1.81 bits per heavy atom. The summed E-state index contributed by atoms with van der Waals surface area (Å²) in [6, 6.07) is 0.249. The average Bonchev–Trinajstić information content (AvgIpc) is 3.12. The predicted octanol–water partition coefficient (Wildman–Crippen LogP) is 2.12. The summed E-state index contributed by atoms with van der Waals surface area (Å²) in [5.41, 5.74) is 0.225. The Morgan fingerprint density at radius 3 is 2.33 bits per heavy atom. The molecule has 4 nitrogen and oxygen atoms in total. The molecule has 1 heterocycles. The van der Waals surface area contributed by atoms with E-state index in [1.807, 2.05) is 0 Å². The Hall–Kier alpha value is -0.320. The van der Waals surface area contributed by atoms with Crippen LogP contribution in [0.15, 0.2) is 0 Å². The molecule has 1 amide bonds. The molecule has 1 saturated heterocycles. The Balaban J connectivity index is 0.00000161. The van der Waals surface area contributed by atoms with Crippen LogP contribution < -0.4 is 10.6 Å². The van der Waals surface area contributed by atoms with Gasteiger partial charge in [-0.25, -0.2) is 0 Å². The first kappa shape index (κ1) is 17.0. The first-order valence-electron chi connectivity index (χ1n) is 7.91. The van der Waals surface area contributed by atoms with Crippen LogP contribution in [0.4, 0.5) is 0 Å². The Labute approximate surface area is 134 Å². The Bertz CT molecular complexity index is 421. The van der Waals surface area contributed by atoms with Crippen molar-refractivity contribution in [2.24, 2.45) is 16.7 Å². The van der Waals surface area contributed by atoms with Crippen LogP contribution in [0.1, 0.15) is 46.5 Å². The second kappa shape index (κ2) is 5.39. The number of amides is 1. The van der Waals surface area contributed by atoms with E-state index >= 15 is 0 Å². The number of nitrogens with one attached hydrogen (secondary N) is 2. The van der Waals surface area contributed by atoms with E-state index in [0.717, 1.165) is 38.8 Å². The molecule has 3 fully saturated rings. The predicted molar refractivity (Wildman–Crippen MR) is 85.6 cm³/mol. The van der Waals surface area contributed by atoms with Gasteiger partial charge in [-0.1, -0.05) is 13.8 Å². The zero-order valence-electron chi connectivity index (χ0n) is 13.6. The van der Waals surface area contributed by atoms with E-state index in [1.54, 1.807) is 7.11 Å². The number of halogens is 1. The van der Waals surface area contributed by atoms with Gasteiger partial charge in [0.25, 0.3) is 0 Å². The number of rotatable bonds is 3. The Morgan fingerprint density at radius 1 is 1.19 bits per heavy atom. The molecule has 3 aliphatic rings. The fraction of sp³-hybridized carbons (Fsp3) is 0.938. The molecule has 0 aromatic carbocycles. The first-order valence-corrected chi connectivity index (χ1v) is 7.91. The summed E-state index contributed by atoms with van der Waals surface area (Å²) in [7, 11) is 1.77. The topological polar surface area (TPSA) is 50.4 Å². The van der Waals surface area contributed by atoms with Gasteiger partial charge in [0, 0.05) is 24.5 Å². The van der Waals surface area contributed by atoms with Crippen molar-refractivity contribution in [1.82, 2.24) is 10.6 Å². The van der Waals surface area contributed by atoms with E-state index in [2.05, 4.69) is 31.4 Å². The van der Waals surface area contributed by atoms with Crippen LogP contribution >= 0.6 is 12.4 Å². The van der Waals surface area contributed by atoms with Gasteiger partial charge >= 0.3 is 0 Å². The van der Waals surface area contributed by atoms with Crippen molar-refractivity contribution in [2.45, 2.75) is 58.1 Å². The van der Waals surface area contributed by atoms with Gasteiger partial charge in [0.2, 0.25) is 5.91 Å². The lowest BCUT2D eigenvalue weighted by Gasteiger charge is -2.59. The minimum absolute atomic E-state index is 0. The molecule has 5 heteroatoms. The van der Waals surface area contributed by atoms with Crippen LogP contribution in [0.3, 0.4) is 0 Å². The summed E-state index contributed by atoms with van der Waals surface area (Å²) in [4.78, 5) is 12.5. The van der Waals surface area contributed by atoms with E-state index in [1.165, 1.54) is 0 Å². The highest BCUT2D eigenvalue weighted by molar-refractivity contribution is 5.85. The molecular weight excluding hydrogens is 288 g/mol. The molecule has 0 radical (unpaired) electrons. The molecule has 3 rings (SSSR count). The molecule has 1 spiro atoms. The number of hydrogen-bond donors (Lipinski definition) is 2. The van der Waals surface area contributed by atoms with Gasteiger partial charge in [0.1, 0.15) is 0 Å². The zero-order valence-corrected chi connectivity index (χ0v) is 14.4. The number of methoxy groups -OCH3 is 1. The second-order valence-electron chi connectivity index (χ2n) is 7.79. The van der Waals surface area contributed by atoms with Gasteiger partial charge in [-0.15, -0.1) is 12.4 Å². The van der Waals surface area contributed by atoms with Gasteiger partial charge < -0.3 is 15.4 Å². The molecule has 3 atom stereocenters. The maximum Gasteiger partial charge on any atom is 0.223 e. The number of hydrogen-bond acceptors (Lipinski definition) is 3. The van der Waals surface area contributed by atoms with E-state index in [9.17, 15) is 4.79 Å². The maximum atomic E-state index is 12.5. The normalized spacial score (nSPS) is 39.0. The summed E-state index contributed by atoms with van der Waals surface area (Å²) in [5, 5.41) is 6.68. The molecule has 122 valence electrons. The molecule has 2 aliphatic carbocycles. The largest absolute Gasteiger partial charge is 0.378 e. The third-order valence-electron chi connectivity index (χ3n) is 6.70. The van der Waals surface area contributed by atoms with E-state index < -0.39 is 0 Å². The van der Waals surface area contributed by atoms with Gasteiger partial charge in [-0.2, -0.15) is 0 Å². The summed E-state index contributed by atoms with van der Waals surface area (Å²) >= 11 is 0. The van der Waals surface area contributed by atoms with E-state index in [0.29, 0.717) is 5.41 Å². The fourth-order valence-electron chi connectivity index (χ4n) is 4.19. The number of carbonyl (C=O) groups excluding carboxylic acids is 1. The first-order chi connectivity index (χ1) is 9.35. The molecular formula is C16H29ClN2O2. The standard InChI is InChI=1S/C16H28N2O2.ClH/c1-14(2)12(10-15(14,3)20-4)18-13(19)11-9-16(11)5-7-17-8-6-16;/h11-12,17H,5-10H2,1-4H3,(H,18,19);1H. The van der Waals surface area contributed by atoms with Gasteiger partial charge in [0.15, 0.2) is 0 Å². The van der Waals surface area contributed by atoms with Crippen LogP contribution in [0.5, 0.6) is 0 Å². The van der Waals surface area contributed by atoms with Crippen LogP contribution in [-0.4, -0.2) is 37.7 Å². The molecule has 0 bridgehead atoms. The molecule has 21 heavy (non-hydrogen) atoms. The van der Waals surface area contributed by atoms with Crippen molar-refractivity contribution < 1.29 is 9.53 Å². The molecule has 3 unspecified atom stereocenters. The van der Waals surface area contributed by atoms with Crippen molar-refractivity contribution in [2.75, 3.05) is 20.2 Å². The smallest absolute Gasteiger partial charge is 0.223 e. The second-order valence-corrected chi connectivity index (χ2v) is 7.79. The fourth-order valence-corrected chi connectivity index (χ4v) is 4.19. The lowest BCUT2D eigenvalue weighted by atomic mass is 9.56. The van der Waals surface area contributed by atoms with Gasteiger partial charge in [-0.3, -0.25) is 4.79 Å². The van der Waals surface area contributed by atoms with Crippen LogP contribution in [-0.2, 0) is 9.53 Å². The highest BCUT2D eigenvalue weighted by atomic mass is 35.5. The van der Waals surface area contributed by atoms with Gasteiger partial charge in [0.05, 0.1) is 5.60 Å². The molecule has 1 aliphatic heterocycles. The third-order valence-corrected chi connectivity index (χ3v) is 6.70. The highest BCUT2D eigenvalue weighted by Gasteiger charge is 2.61. The molecule has 2 saturated carbocycles. The Kier molecular flexibility index (Phi) is 4.38. The summed E-state index contributed by atoms with van der Waals surface area (Å²) in [5.74, 6) is 0.540. The average molecular weight is 317 g/mol. The van der Waals surface area contributed by atoms with Crippen molar-refractivity contribution in [1.29, 1.82) is 0 Å². The SMILES string of the molecule is COC1(C)CC(NC(=O)C2CC23CCNCC3)C1(C)C.Cl. The van der Waals surface area contributed by atoms with Crippen molar-refractivity contribution in [3.63, 3.8) is 0 Å². The number of ether oxygens (including phenoxy) is 1. The minimum Gasteiger partial charge on any atom is -0.378 e. The van der Waals surface area contributed by atoms with Crippen LogP contribution in [0, 0.1) is 16.7 Å². The lowest BCUT2D eigenvalue weighted by molar-refractivity contribution is -0.182. The minimum atomic E-state index is -0.110. The maximum absolute atomic E-state index is 12.5. The number of piperidine rings is 1. The number of carbonyl (C=O) groups is 1. The molecule has 0 aromatic rings. The van der Waals surface area contributed by atoms with E-state index in [-0.39, 0.29) is 41.3 Å². The molecule has 2 N–H and O–H groups in total. The van der Waals surface area contributed by atoms with Crippen molar-refractivity contribution in [3.05, 3.63) is 0 Å². The summed E-state index contributed by atoms with van der Waals surface area (Å²) in [6.07, 6.45) is 4.34. The quantitative estimate of drug-likeness (QED) is 0.838. The monoisotopic (exact) mass is 316 g/mol. The van der Waals surface area contributed by atoms with Crippen LogP contribution in [0.25, 0.3) is 0 Å². The van der Waals surface area contributed by atoms with Crippen LogP contribution in [0.2, 0.25) is 0 Å². The van der Waals surface area contributed by atoms with Gasteiger partial charge in [-0.05, 0) is 51.1 Å². The van der Waals surface area contributed by atoms with Crippen molar-refractivity contribution in [3.8, 4) is 0 Å². The highest BCUT2D eigenvalue weighted by Crippen LogP contribution is 2.59.